The first kappa shape index (κ1) is 44.2. The van der Waals surface area contributed by atoms with Gasteiger partial charge in [0.2, 0.25) is 0 Å². The zero-order valence-corrected chi connectivity index (χ0v) is 32.3. The predicted octanol–water partition coefficient (Wildman–Crippen LogP) is 9.89. The Bertz CT molecular complexity index is 1500. The standard InChI is InChI=1S/C37H47F4N3O2S.3ClH/c1-5-32-35(47-34(42-32)18-24-9-11-28(12-10-24)37(39,40)41)25-13-15-44(16-14-25)22-27-20-30(43(4)33(36(45)46)17-23(2)3)21-31(27)26-7-6-8-29(38)19-26;;;/h6-12,19,23,25,27,30-31,33H,5,13-18,20-22H2,1-4H3,(H,45,46);3*1H/t27?,30?,31?,33-;;;/m1.../s1. The molecule has 4 atom stereocenters. The Morgan fingerprint density at radius 1 is 1.06 bits per heavy atom. The number of aromatic nitrogens is 1. The van der Waals surface area contributed by atoms with Gasteiger partial charge in [0, 0.05) is 23.9 Å². The van der Waals surface area contributed by atoms with Gasteiger partial charge >= 0.3 is 12.1 Å². The molecule has 5 rings (SSSR count). The number of halogens is 7. The Kier molecular flexibility index (Phi) is 17.0. The van der Waals surface area contributed by atoms with Gasteiger partial charge in [-0.15, -0.1) is 48.6 Å². The smallest absolute Gasteiger partial charge is 0.416 e. The van der Waals surface area contributed by atoms with Crippen LogP contribution in [0.4, 0.5) is 17.6 Å². The summed E-state index contributed by atoms with van der Waals surface area (Å²) in [4.78, 5) is 23.0. The molecule has 3 unspecified atom stereocenters. The molecule has 0 radical (unpaired) electrons. The number of carboxylic acids is 1. The molecule has 1 saturated heterocycles. The minimum Gasteiger partial charge on any atom is -0.480 e. The predicted molar refractivity (Wildman–Crippen MR) is 200 cm³/mol. The van der Waals surface area contributed by atoms with Crippen LogP contribution in [-0.4, -0.2) is 64.6 Å². The second-order valence-electron chi connectivity index (χ2n) is 13.9. The van der Waals surface area contributed by atoms with Crippen LogP contribution < -0.4 is 0 Å². The topological polar surface area (TPSA) is 56.7 Å². The van der Waals surface area contributed by atoms with Crippen LogP contribution in [0.15, 0.2) is 48.5 Å². The average Bonchev–Trinajstić information content (AvgIpc) is 3.64. The number of aliphatic carboxylic acids is 1. The van der Waals surface area contributed by atoms with Crippen LogP contribution in [0.25, 0.3) is 0 Å². The Morgan fingerprint density at radius 3 is 2.28 bits per heavy atom. The summed E-state index contributed by atoms with van der Waals surface area (Å²) in [7, 11) is 1.94. The van der Waals surface area contributed by atoms with Gasteiger partial charge in [0.25, 0.3) is 0 Å². The summed E-state index contributed by atoms with van der Waals surface area (Å²) >= 11 is 1.70. The lowest BCUT2D eigenvalue weighted by atomic mass is 9.87. The molecule has 50 heavy (non-hydrogen) atoms. The van der Waals surface area contributed by atoms with Gasteiger partial charge in [-0.05, 0) is 118 Å². The number of rotatable bonds is 12. The molecular weight excluding hydrogens is 733 g/mol. The molecule has 1 saturated carbocycles. The molecule has 2 fully saturated rings. The maximum Gasteiger partial charge on any atom is 0.416 e. The van der Waals surface area contributed by atoms with Crippen molar-refractivity contribution in [3.8, 4) is 0 Å². The molecule has 1 aliphatic heterocycles. The first-order valence-electron chi connectivity index (χ1n) is 16.9. The second-order valence-corrected chi connectivity index (χ2v) is 15.0. The molecule has 5 nitrogen and oxygen atoms in total. The highest BCUT2D eigenvalue weighted by atomic mass is 35.5. The Balaban J connectivity index is 0.00000289. The molecule has 1 aliphatic carbocycles. The summed E-state index contributed by atoms with van der Waals surface area (Å²) in [5, 5.41) is 11.0. The van der Waals surface area contributed by atoms with E-state index in [0.717, 1.165) is 85.7 Å². The van der Waals surface area contributed by atoms with Gasteiger partial charge < -0.3 is 10.0 Å². The van der Waals surface area contributed by atoms with Crippen LogP contribution in [0.3, 0.4) is 0 Å². The number of likely N-dealkylation sites (N-methyl/N-ethyl adjacent to an activating group) is 1. The molecule has 2 heterocycles. The van der Waals surface area contributed by atoms with E-state index in [4.69, 9.17) is 4.98 Å². The van der Waals surface area contributed by atoms with Gasteiger partial charge in [0.05, 0.1) is 16.3 Å². The summed E-state index contributed by atoms with van der Waals surface area (Å²) in [6.07, 6.45) is 1.29. The lowest BCUT2D eigenvalue weighted by Gasteiger charge is -2.35. The molecule has 1 aromatic heterocycles. The van der Waals surface area contributed by atoms with E-state index in [1.165, 1.54) is 10.9 Å². The van der Waals surface area contributed by atoms with Crippen LogP contribution in [0.2, 0.25) is 0 Å². The minimum atomic E-state index is -4.34. The van der Waals surface area contributed by atoms with Crippen molar-refractivity contribution in [1.82, 2.24) is 14.8 Å². The Hall–Kier alpha value is -1.95. The number of carboxylic acid groups (broad SMARTS) is 1. The fourth-order valence-electron chi connectivity index (χ4n) is 7.68. The molecule has 3 aromatic rings. The Labute approximate surface area is 316 Å². The van der Waals surface area contributed by atoms with Crippen molar-refractivity contribution in [3.05, 3.63) is 86.6 Å². The van der Waals surface area contributed by atoms with Gasteiger partial charge in [-0.25, -0.2) is 9.37 Å². The summed E-state index contributed by atoms with van der Waals surface area (Å²) in [5.74, 6) is 0.0873. The average molecular weight is 783 g/mol. The van der Waals surface area contributed by atoms with E-state index < -0.39 is 23.8 Å². The van der Waals surface area contributed by atoms with Crippen LogP contribution in [0.5, 0.6) is 0 Å². The Morgan fingerprint density at radius 2 is 1.72 bits per heavy atom. The van der Waals surface area contributed by atoms with Crippen LogP contribution >= 0.6 is 48.6 Å². The van der Waals surface area contributed by atoms with Crippen LogP contribution in [0.1, 0.15) is 97.0 Å². The number of likely N-dealkylation sites (tertiary alicyclic amines) is 1. The van der Waals surface area contributed by atoms with Gasteiger partial charge in [0.15, 0.2) is 0 Å². The van der Waals surface area contributed by atoms with E-state index >= 15 is 0 Å². The second kappa shape index (κ2) is 19.2. The van der Waals surface area contributed by atoms with Crippen molar-refractivity contribution < 1.29 is 27.5 Å². The normalized spacial score (nSPS) is 20.6. The molecule has 13 heteroatoms. The summed E-state index contributed by atoms with van der Waals surface area (Å²) in [6, 6.07) is 11.8. The highest BCUT2D eigenvalue weighted by molar-refractivity contribution is 7.11. The van der Waals surface area contributed by atoms with E-state index in [-0.39, 0.29) is 60.9 Å². The zero-order chi connectivity index (χ0) is 33.9. The van der Waals surface area contributed by atoms with Crippen LogP contribution in [0, 0.1) is 17.7 Å². The fraction of sp³-hybridized carbons (Fsp3) is 0.568. The number of nitrogens with zero attached hydrogens (tertiary/aromatic N) is 3. The van der Waals surface area contributed by atoms with Crippen molar-refractivity contribution in [3.63, 3.8) is 0 Å². The maximum absolute atomic E-state index is 14.3. The highest BCUT2D eigenvalue weighted by Crippen LogP contribution is 2.44. The lowest BCUT2D eigenvalue weighted by molar-refractivity contribution is -0.144. The van der Waals surface area contributed by atoms with Crippen LogP contribution in [-0.2, 0) is 23.8 Å². The highest BCUT2D eigenvalue weighted by Gasteiger charge is 2.41. The van der Waals surface area contributed by atoms with Gasteiger partial charge in [-0.3, -0.25) is 9.69 Å². The van der Waals surface area contributed by atoms with Gasteiger partial charge in [-0.1, -0.05) is 45.0 Å². The molecule has 1 N–H and O–H groups in total. The number of thiazole rings is 1. The molecule has 2 aromatic carbocycles. The van der Waals surface area contributed by atoms with Crippen molar-refractivity contribution in [2.24, 2.45) is 11.8 Å². The van der Waals surface area contributed by atoms with Gasteiger partial charge in [0.1, 0.15) is 11.9 Å². The van der Waals surface area contributed by atoms with Crippen molar-refractivity contribution in [1.29, 1.82) is 0 Å². The van der Waals surface area contributed by atoms with Crippen molar-refractivity contribution in [2.75, 3.05) is 26.7 Å². The first-order chi connectivity index (χ1) is 22.3. The molecule has 280 valence electrons. The van der Waals surface area contributed by atoms with Crippen molar-refractivity contribution in [2.45, 2.75) is 95.8 Å². The third kappa shape index (κ3) is 11.0. The summed E-state index contributed by atoms with van der Waals surface area (Å²) in [5.41, 5.74) is 2.27. The largest absolute Gasteiger partial charge is 0.480 e. The van der Waals surface area contributed by atoms with E-state index in [9.17, 15) is 27.5 Å². The number of hydrogen-bond acceptors (Lipinski definition) is 5. The maximum atomic E-state index is 14.3. The van der Waals surface area contributed by atoms with E-state index in [1.54, 1.807) is 35.6 Å². The number of carbonyl (C=O) groups is 1. The van der Waals surface area contributed by atoms with Gasteiger partial charge in [-0.2, -0.15) is 13.2 Å². The molecule has 0 bridgehead atoms. The van der Waals surface area contributed by atoms with E-state index in [1.807, 2.05) is 13.1 Å². The third-order valence-corrected chi connectivity index (χ3v) is 11.4. The lowest BCUT2D eigenvalue weighted by Crippen LogP contribution is -2.45. The monoisotopic (exact) mass is 781 g/mol. The molecule has 2 aliphatic rings. The fourth-order valence-corrected chi connectivity index (χ4v) is 9.03. The van der Waals surface area contributed by atoms with E-state index in [2.05, 4.69) is 30.6 Å². The summed E-state index contributed by atoms with van der Waals surface area (Å²) in [6.45, 7) is 8.98. The quantitative estimate of drug-likeness (QED) is 0.186. The molecule has 0 spiro atoms. The number of benzene rings is 2. The SMILES string of the molecule is CCc1nc(Cc2ccc(C(F)(F)F)cc2)sc1C1CCN(CC2CC(N(C)[C@H](CC(C)C)C(=O)O)CC2c2cccc(F)c2)CC1.Cl.Cl.Cl. The molecule has 0 amide bonds. The minimum absolute atomic E-state index is 0. The first-order valence-corrected chi connectivity index (χ1v) is 17.7. The molecular formula is C37H50Cl3F4N3O2S. The number of piperidine rings is 1. The summed E-state index contributed by atoms with van der Waals surface area (Å²) < 4.78 is 53.3. The zero-order valence-electron chi connectivity index (χ0n) is 29.0. The third-order valence-electron chi connectivity index (χ3n) is 10.2. The van der Waals surface area contributed by atoms with Crippen molar-refractivity contribution >= 4 is 54.5 Å². The number of hydrogen-bond donors (Lipinski definition) is 1. The number of aryl methyl sites for hydroxylation is 1. The number of alkyl halides is 3. The van der Waals surface area contributed by atoms with E-state index in [0.29, 0.717) is 24.7 Å².